The highest BCUT2D eigenvalue weighted by molar-refractivity contribution is 5.94. The molecular weight excluding hydrogens is 512 g/mol. The lowest BCUT2D eigenvalue weighted by Crippen LogP contribution is -2.49. The molecule has 2 saturated carbocycles. The molecule has 3 aromatic rings. The number of carboxylic acid groups (broad SMARTS) is 1. The predicted octanol–water partition coefficient (Wildman–Crippen LogP) is 4.39. The van der Waals surface area contributed by atoms with Crippen molar-refractivity contribution in [2.75, 3.05) is 13.7 Å². The fourth-order valence-corrected chi connectivity index (χ4v) is 5.56. The molecule has 208 valence electrons. The Morgan fingerprint density at radius 1 is 1.12 bits per heavy atom. The molecule has 1 aromatic heterocycles. The summed E-state index contributed by atoms with van der Waals surface area (Å²) >= 11 is 0. The molecule has 9 heteroatoms. The molecular formula is C31H32N2O7. The molecule has 0 bridgehead atoms. The molecule has 9 nitrogen and oxygen atoms in total. The summed E-state index contributed by atoms with van der Waals surface area (Å²) in [5, 5.41) is 13.5. The minimum Gasteiger partial charge on any atom is -0.497 e. The molecule has 1 heterocycles. The van der Waals surface area contributed by atoms with Crippen LogP contribution in [0.3, 0.4) is 0 Å². The van der Waals surface area contributed by atoms with Crippen molar-refractivity contribution in [3.8, 4) is 22.8 Å². The molecule has 1 amide bonds. The van der Waals surface area contributed by atoms with Gasteiger partial charge in [0.25, 0.3) is 0 Å². The number of carboxylic acids is 1. The number of carbonyl (C=O) groups excluding carboxylic acids is 2. The average molecular weight is 545 g/mol. The number of amides is 1. The van der Waals surface area contributed by atoms with Crippen LogP contribution in [0.25, 0.3) is 22.2 Å². The molecule has 0 radical (unpaired) electrons. The molecule has 5 rings (SSSR count). The number of hydrogen-bond donors (Lipinski definition) is 2. The number of aliphatic carboxylic acids is 1. The van der Waals surface area contributed by atoms with Crippen molar-refractivity contribution in [3.63, 3.8) is 0 Å². The third-order valence-electron chi connectivity index (χ3n) is 7.80. The molecule has 2 aromatic carbocycles. The third-order valence-corrected chi connectivity index (χ3v) is 7.80. The van der Waals surface area contributed by atoms with Gasteiger partial charge in [-0.05, 0) is 38.3 Å². The van der Waals surface area contributed by atoms with Crippen LogP contribution in [0.4, 0.5) is 0 Å². The van der Waals surface area contributed by atoms with Crippen LogP contribution in [0.1, 0.15) is 26.2 Å². The van der Waals surface area contributed by atoms with E-state index in [2.05, 4.69) is 11.9 Å². The summed E-state index contributed by atoms with van der Waals surface area (Å²) in [4.78, 5) is 43.1. The van der Waals surface area contributed by atoms with Crippen LogP contribution < -0.4 is 14.8 Å². The van der Waals surface area contributed by atoms with Gasteiger partial charge in [0, 0.05) is 29.0 Å². The standard InChI is InChI=1S/C31H32N2O7/c1-4-19-17-31(19,30(37)39-5-2)33-28(34)23-13-21(14-24(23)29(35)36)40-27-16-25(18-9-7-6-8-10-18)32-26-15-20(38-3)11-12-22(26)27/h4,6-12,15-16,19,21,23-24H,1,5,13-14,17H2,2-3H3,(H,33,34)(H,35,36)/t19-,21-,23-,24-,31-/m1/s1. The molecule has 2 fully saturated rings. The predicted molar refractivity (Wildman–Crippen MR) is 148 cm³/mol. The first-order valence-corrected chi connectivity index (χ1v) is 13.3. The Hall–Kier alpha value is -4.40. The van der Waals surface area contributed by atoms with E-state index in [9.17, 15) is 19.5 Å². The number of methoxy groups -OCH3 is 1. The van der Waals surface area contributed by atoms with Crippen molar-refractivity contribution in [2.24, 2.45) is 17.8 Å². The second-order valence-electron chi connectivity index (χ2n) is 10.2. The van der Waals surface area contributed by atoms with Crippen LogP contribution in [0.2, 0.25) is 0 Å². The molecule has 2 aliphatic carbocycles. The number of hydrogen-bond acceptors (Lipinski definition) is 7. The summed E-state index contributed by atoms with van der Waals surface area (Å²) in [6.07, 6.45) is 1.77. The van der Waals surface area contributed by atoms with Gasteiger partial charge in [0.15, 0.2) is 0 Å². The number of rotatable bonds is 10. The number of nitrogens with zero attached hydrogens (tertiary/aromatic N) is 1. The largest absolute Gasteiger partial charge is 0.497 e. The van der Waals surface area contributed by atoms with Gasteiger partial charge >= 0.3 is 11.9 Å². The number of carbonyl (C=O) groups is 3. The monoisotopic (exact) mass is 544 g/mol. The first-order chi connectivity index (χ1) is 19.3. The summed E-state index contributed by atoms with van der Waals surface area (Å²) in [7, 11) is 1.58. The molecule has 2 N–H and O–H groups in total. The first kappa shape index (κ1) is 27.2. The number of pyridine rings is 1. The summed E-state index contributed by atoms with van der Waals surface area (Å²) in [6, 6.07) is 17.0. The number of fused-ring (bicyclic) bond motifs is 1. The van der Waals surface area contributed by atoms with Crippen molar-refractivity contribution in [1.29, 1.82) is 0 Å². The smallest absolute Gasteiger partial charge is 0.332 e. The van der Waals surface area contributed by atoms with Crippen LogP contribution in [-0.4, -0.2) is 53.3 Å². The van der Waals surface area contributed by atoms with Crippen molar-refractivity contribution in [1.82, 2.24) is 10.3 Å². The van der Waals surface area contributed by atoms with Crippen LogP contribution >= 0.6 is 0 Å². The van der Waals surface area contributed by atoms with Gasteiger partial charge in [-0.2, -0.15) is 0 Å². The zero-order chi connectivity index (χ0) is 28.4. The van der Waals surface area contributed by atoms with Gasteiger partial charge in [-0.1, -0.05) is 36.4 Å². The first-order valence-electron chi connectivity index (χ1n) is 13.3. The summed E-state index contributed by atoms with van der Waals surface area (Å²) in [5.74, 6) is -3.02. The van der Waals surface area contributed by atoms with E-state index >= 15 is 0 Å². The fourth-order valence-electron chi connectivity index (χ4n) is 5.56. The number of benzene rings is 2. The molecule has 0 unspecified atom stereocenters. The van der Waals surface area contributed by atoms with Gasteiger partial charge in [-0.15, -0.1) is 6.58 Å². The molecule has 0 aliphatic heterocycles. The molecule has 2 aliphatic rings. The van der Waals surface area contributed by atoms with E-state index in [0.717, 1.165) is 10.9 Å². The van der Waals surface area contributed by atoms with Crippen LogP contribution in [-0.2, 0) is 19.1 Å². The molecule has 40 heavy (non-hydrogen) atoms. The number of nitrogens with one attached hydrogen (secondary N) is 1. The van der Waals surface area contributed by atoms with Crippen LogP contribution in [0.15, 0.2) is 67.3 Å². The minimum atomic E-state index is -1.19. The van der Waals surface area contributed by atoms with E-state index in [1.165, 1.54) is 0 Å². The average Bonchev–Trinajstić information content (AvgIpc) is 3.51. The summed E-state index contributed by atoms with van der Waals surface area (Å²) in [5.41, 5.74) is 1.06. The number of esters is 1. The van der Waals surface area contributed by atoms with Crippen LogP contribution in [0.5, 0.6) is 11.5 Å². The van der Waals surface area contributed by atoms with Crippen molar-refractivity contribution >= 4 is 28.7 Å². The highest BCUT2D eigenvalue weighted by Gasteiger charge is 2.62. The summed E-state index contributed by atoms with van der Waals surface area (Å²) in [6.45, 7) is 5.62. The normalized spacial score (nSPS) is 25.1. The van der Waals surface area contributed by atoms with Gasteiger partial charge in [0.2, 0.25) is 5.91 Å². The lowest BCUT2D eigenvalue weighted by molar-refractivity contribution is -0.150. The second kappa shape index (κ2) is 11.0. The number of aromatic nitrogens is 1. The Morgan fingerprint density at radius 3 is 2.52 bits per heavy atom. The van der Waals surface area contributed by atoms with Crippen molar-refractivity contribution in [3.05, 3.63) is 67.3 Å². The topological polar surface area (TPSA) is 124 Å². The Balaban J connectivity index is 1.42. The van der Waals surface area contributed by atoms with E-state index in [0.29, 0.717) is 29.1 Å². The van der Waals surface area contributed by atoms with Crippen molar-refractivity contribution in [2.45, 2.75) is 37.8 Å². The van der Waals surface area contributed by atoms with Gasteiger partial charge < -0.3 is 24.6 Å². The van der Waals surface area contributed by atoms with Crippen LogP contribution in [0, 0.1) is 17.8 Å². The van der Waals surface area contributed by atoms with E-state index in [-0.39, 0.29) is 25.4 Å². The highest BCUT2D eigenvalue weighted by Crippen LogP contribution is 2.46. The van der Waals surface area contributed by atoms with Gasteiger partial charge in [-0.3, -0.25) is 9.59 Å². The Bertz CT molecular complexity index is 1460. The van der Waals surface area contributed by atoms with E-state index in [1.54, 1.807) is 20.1 Å². The zero-order valence-corrected chi connectivity index (χ0v) is 22.5. The molecule has 0 spiro atoms. The quantitative estimate of drug-likeness (QED) is 0.285. The lowest BCUT2D eigenvalue weighted by atomic mass is 9.94. The van der Waals surface area contributed by atoms with Gasteiger partial charge in [0.1, 0.15) is 23.1 Å². The van der Waals surface area contributed by atoms with Gasteiger partial charge in [0.05, 0.1) is 36.8 Å². The maximum Gasteiger partial charge on any atom is 0.332 e. The molecule has 0 saturated heterocycles. The Labute approximate surface area is 232 Å². The SMILES string of the molecule is C=C[C@@H]1C[C@]1(NC(=O)[C@@H]1C[C@@H](Oc2cc(-c3ccccc3)nc3cc(OC)ccc23)C[C@H]1C(=O)O)C(=O)OCC. The Kier molecular flexibility index (Phi) is 7.47. The number of ether oxygens (including phenoxy) is 3. The van der Waals surface area contributed by atoms with Crippen molar-refractivity contribution < 1.29 is 33.7 Å². The lowest BCUT2D eigenvalue weighted by Gasteiger charge is -2.21. The molecule has 5 atom stereocenters. The second-order valence-corrected chi connectivity index (χ2v) is 10.2. The fraction of sp³-hybridized carbons (Fsp3) is 0.355. The maximum atomic E-state index is 13.4. The summed E-state index contributed by atoms with van der Waals surface area (Å²) < 4.78 is 17.0. The minimum absolute atomic E-state index is 0.144. The van der Waals surface area contributed by atoms with E-state index in [1.807, 2.05) is 54.6 Å². The van der Waals surface area contributed by atoms with E-state index < -0.39 is 41.3 Å². The highest BCUT2D eigenvalue weighted by atomic mass is 16.5. The van der Waals surface area contributed by atoms with Gasteiger partial charge in [-0.25, -0.2) is 9.78 Å². The maximum absolute atomic E-state index is 13.4. The third kappa shape index (κ3) is 5.11. The van der Waals surface area contributed by atoms with E-state index in [4.69, 9.17) is 19.2 Å². The zero-order valence-electron chi connectivity index (χ0n) is 22.5. The Morgan fingerprint density at radius 2 is 1.88 bits per heavy atom.